The first kappa shape index (κ1) is 17.8. The van der Waals surface area contributed by atoms with Crippen molar-refractivity contribution < 1.29 is 9.53 Å². The van der Waals surface area contributed by atoms with Crippen LogP contribution < -0.4 is 15.4 Å². The molecule has 3 rings (SSSR count). The molecule has 2 amide bonds. The number of ether oxygens (including phenoxy) is 1. The number of para-hydroxylation sites is 1. The molecule has 134 valence electrons. The summed E-state index contributed by atoms with van der Waals surface area (Å²) in [5.74, 6) is 0.547. The lowest BCUT2D eigenvalue weighted by Crippen LogP contribution is -2.30. The zero-order chi connectivity index (χ0) is 18.4. The Bertz CT molecular complexity index is 880. The molecule has 0 fully saturated rings. The van der Waals surface area contributed by atoms with Crippen LogP contribution in [0.4, 0.5) is 10.5 Å². The molecular weight excluding hydrogens is 352 g/mol. The van der Waals surface area contributed by atoms with E-state index in [0.717, 1.165) is 11.4 Å². The fraction of sp³-hybridized carbons (Fsp3) is 0.158. The number of carbonyl (C=O) groups excluding carboxylic acids is 1. The van der Waals surface area contributed by atoms with E-state index in [1.54, 1.807) is 18.2 Å². The Morgan fingerprint density at radius 3 is 2.77 bits per heavy atom. The van der Waals surface area contributed by atoms with Gasteiger partial charge in [-0.1, -0.05) is 29.8 Å². The summed E-state index contributed by atoms with van der Waals surface area (Å²) in [5.41, 5.74) is 2.41. The Morgan fingerprint density at radius 1 is 1.19 bits per heavy atom. The molecular formula is C19H19ClN4O2. The number of aromatic nitrogens is 2. The highest BCUT2D eigenvalue weighted by molar-refractivity contribution is 6.31. The molecule has 26 heavy (non-hydrogen) atoms. The van der Waals surface area contributed by atoms with Crippen molar-refractivity contribution in [3.63, 3.8) is 0 Å². The van der Waals surface area contributed by atoms with Gasteiger partial charge in [-0.2, -0.15) is 5.10 Å². The van der Waals surface area contributed by atoms with Crippen LogP contribution in [0, 0.1) is 0 Å². The van der Waals surface area contributed by atoms with Gasteiger partial charge in [0.2, 0.25) is 0 Å². The summed E-state index contributed by atoms with van der Waals surface area (Å²) < 4.78 is 7.02. The van der Waals surface area contributed by atoms with Gasteiger partial charge in [0.15, 0.2) is 0 Å². The smallest absolute Gasteiger partial charge is 0.319 e. The Morgan fingerprint density at radius 2 is 2.00 bits per heavy atom. The molecule has 0 atom stereocenters. The van der Waals surface area contributed by atoms with Crippen LogP contribution in [0.15, 0.2) is 60.8 Å². The Labute approximate surface area is 156 Å². The van der Waals surface area contributed by atoms with E-state index in [9.17, 15) is 4.79 Å². The van der Waals surface area contributed by atoms with Crippen LogP contribution in [0.1, 0.15) is 5.69 Å². The van der Waals surface area contributed by atoms with Crippen molar-refractivity contribution in [2.45, 2.75) is 6.42 Å². The minimum absolute atomic E-state index is 0.326. The van der Waals surface area contributed by atoms with Gasteiger partial charge in [0.25, 0.3) is 0 Å². The number of benzene rings is 2. The SMILES string of the molecule is COc1ccc(Cl)cc1NC(=O)NCCc1ccn(-c2ccccc2)n1. The molecule has 0 radical (unpaired) electrons. The summed E-state index contributed by atoms with van der Waals surface area (Å²) in [6.07, 6.45) is 2.53. The number of hydrogen-bond donors (Lipinski definition) is 2. The van der Waals surface area contributed by atoms with E-state index in [2.05, 4.69) is 15.7 Å². The van der Waals surface area contributed by atoms with Crippen LogP contribution in [-0.4, -0.2) is 29.5 Å². The van der Waals surface area contributed by atoms with Gasteiger partial charge >= 0.3 is 6.03 Å². The predicted molar refractivity (Wildman–Crippen MR) is 102 cm³/mol. The maximum atomic E-state index is 12.1. The van der Waals surface area contributed by atoms with E-state index >= 15 is 0 Å². The number of nitrogens with zero attached hydrogens (tertiary/aromatic N) is 2. The second kappa shape index (κ2) is 8.40. The Hall–Kier alpha value is -2.99. The molecule has 7 heteroatoms. The molecule has 0 bridgehead atoms. The summed E-state index contributed by atoms with van der Waals surface area (Å²) in [6.45, 7) is 0.459. The number of rotatable bonds is 6. The number of nitrogens with one attached hydrogen (secondary N) is 2. The average molecular weight is 371 g/mol. The van der Waals surface area contributed by atoms with Crippen molar-refractivity contribution in [3.8, 4) is 11.4 Å². The summed E-state index contributed by atoms with van der Waals surface area (Å²) in [5, 5.41) is 10.6. The van der Waals surface area contributed by atoms with Gasteiger partial charge in [-0.3, -0.25) is 0 Å². The van der Waals surface area contributed by atoms with Gasteiger partial charge in [-0.05, 0) is 36.4 Å². The summed E-state index contributed by atoms with van der Waals surface area (Å²) >= 11 is 5.96. The van der Waals surface area contributed by atoms with Crippen molar-refractivity contribution in [1.29, 1.82) is 0 Å². The van der Waals surface area contributed by atoms with Crippen molar-refractivity contribution in [2.75, 3.05) is 19.0 Å². The van der Waals surface area contributed by atoms with E-state index in [4.69, 9.17) is 16.3 Å². The number of anilines is 1. The van der Waals surface area contributed by atoms with Crippen LogP contribution in [0.3, 0.4) is 0 Å². The quantitative estimate of drug-likeness (QED) is 0.691. The van der Waals surface area contributed by atoms with Crippen LogP contribution in [0.25, 0.3) is 5.69 Å². The molecule has 0 spiro atoms. The molecule has 0 aliphatic rings. The van der Waals surface area contributed by atoms with E-state index in [0.29, 0.717) is 29.4 Å². The maximum absolute atomic E-state index is 12.1. The number of halogens is 1. The zero-order valence-corrected chi connectivity index (χ0v) is 15.0. The minimum Gasteiger partial charge on any atom is -0.495 e. The maximum Gasteiger partial charge on any atom is 0.319 e. The first-order chi connectivity index (χ1) is 12.7. The first-order valence-corrected chi connectivity index (χ1v) is 8.52. The van der Waals surface area contributed by atoms with Gasteiger partial charge in [-0.25, -0.2) is 9.48 Å². The molecule has 1 aromatic heterocycles. The molecule has 0 saturated heterocycles. The topological polar surface area (TPSA) is 68.2 Å². The Balaban J connectivity index is 1.52. The largest absolute Gasteiger partial charge is 0.495 e. The minimum atomic E-state index is -0.326. The zero-order valence-electron chi connectivity index (χ0n) is 14.3. The second-order valence-electron chi connectivity index (χ2n) is 5.56. The highest BCUT2D eigenvalue weighted by atomic mass is 35.5. The number of amides is 2. The molecule has 1 heterocycles. The summed E-state index contributed by atoms with van der Waals surface area (Å²) in [7, 11) is 1.54. The first-order valence-electron chi connectivity index (χ1n) is 8.14. The fourth-order valence-corrected chi connectivity index (χ4v) is 2.64. The van der Waals surface area contributed by atoms with Crippen molar-refractivity contribution >= 4 is 23.3 Å². The molecule has 0 unspecified atom stereocenters. The van der Waals surface area contributed by atoms with Crippen LogP contribution >= 0.6 is 11.6 Å². The van der Waals surface area contributed by atoms with Crippen LogP contribution in [-0.2, 0) is 6.42 Å². The highest BCUT2D eigenvalue weighted by Crippen LogP contribution is 2.27. The number of hydrogen-bond acceptors (Lipinski definition) is 3. The molecule has 0 aliphatic heterocycles. The third-order valence-corrected chi connectivity index (χ3v) is 3.98. The molecule has 0 saturated carbocycles. The molecule has 2 N–H and O–H groups in total. The summed E-state index contributed by atoms with van der Waals surface area (Å²) in [4.78, 5) is 12.1. The van der Waals surface area contributed by atoms with Crippen molar-refractivity contribution in [3.05, 3.63) is 71.5 Å². The van der Waals surface area contributed by atoms with Crippen LogP contribution in [0.2, 0.25) is 5.02 Å². The normalized spacial score (nSPS) is 10.4. The van der Waals surface area contributed by atoms with Gasteiger partial charge in [0.1, 0.15) is 5.75 Å². The molecule has 2 aromatic carbocycles. The van der Waals surface area contributed by atoms with Crippen LogP contribution in [0.5, 0.6) is 5.75 Å². The average Bonchev–Trinajstić information content (AvgIpc) is 3.11. The van der Waals surface area contributed by atoms with Gasteiger partial charge in [0.05, 0.1) is 24.2 Å². The molecule has 6 nitrogen and oxygen atoms in total. The molecule has 3 aromatic rings. The van der Waals surface area contributed by atoms with Crippen molar-refractivity contribution in [2.24, 2.45) is 0 Å². The van der Waals surface area contributed by atoms with E-state index in [-0.39, 0.29) is 6.03 Å². The highest BCUT2D eigenvalue weighted by Gasteiger charge is 2.08. The third kappa shape index (κ3) is 4.55. The van der Waals surface area contributed by atoms with E-state index in [1.165, 1.54) is 7.11 Å². The lowest BCUT2D eigenvalue weighted by molar-refractivity contribution is 0.252. The fourth-order valence-electron chi connectivity index (χ4n) is 2.47. The standard InChI is InChI=1S/C19H19ClN4O2/c1-26-18-8-7-14(20)13-17(18)22-19(25)21-11-9-15-10-12-24(23-15)16-5-3-2-4-6-16/h2-8,10,12-13H,9,11H2,1H3,(H2,21,22,25). The number of methoxy groups -OCH3 is 1. The monoisotopic (exact) mass is 370 g/mol. The third-order valence-electron chi connectivity index (χ3n) is 3.74. The second-order valence-corrected chi connectivity index (χ2v) is 6.00. The lowest BCUT2D eigenvalue weighted by Gasteiger charge is -2.11. The van der Waals surface area contributed by atoms with Gasteiger partial charge in [0, 0.05) is 24.2 Å². The summed E-state index contributed by atoms with van der Waals surface area (Å²) in [6, 6.07) is 16.5. The van der Waals surface area contributed by atoms with E-state index in [1.807, 2.05) is 47.3 Å². The molecule has 0 aliphatic carbocycles. The number of urea groups is 1. The Kier molecular flexibility index (Phi) is 5.76. The predicted octanol–water partition coefficient (Wildman–Crippen LogP) is 3.90. The lowest BCUT2D eigenvalue weighted by atomic mass is 10.3. The van der Waals surface area contributed by atoms with Gasteiger partial charge in [-0.15, -0.1) is 0 Å². The van der Waals surface area contributed by atoms with Gasteiger partial charge < -0.3 is 15.4 Å². The number of carbonyl (C=O) groups is 1. The van der Waals surface area contributed by atoms with E-state index < -0.39 is 0 Å². The van der Waals surface area contributed by atoms with Crippen molar-refractivity contribution in [1.82, 2.24) is 15.1 Å².